The first-order chi connectivity index (χ1) is 15.7. The van der Waals surface area contributed by atoms with E-state index in [1.54, 1.807) is 7.11 Å². The monoisotopic (exact) mass is 427 g/mol. The smallest absolute Gasteiger partial charge is 0.239 e. The molecule has 0 aliphatic carbocycles. The van der Waals surface area contributed by atoms with Crippen LogP contribution in [0.2, 0.25) is 0 Å². The summed E-state index contributed by atoms with van der Waals surface area (Å²) in [7, 11) is 1.72. The van der Waals surface area contributed by atoms with Gasteiger partial charge in [-0.05, 0) is 42.3 Å². The summed E-state index contributed by atoms with van der Waals surface area (Å²) in [6, 6.07) is 26.5. The van der Waals surface area contributed by atoms with Crippen LogP contribution in [0.15, 0.2) is 78.9 Å². The average molecular weight is 428 g/mol. The van der Waals surface area contributed by atoms with Gasteiger partial charge >= 0.3 is 0 Å². The van der Waals surface area contributed by atoms with Gasteiger partial charge < -0.3 is 15.0 Å². The summed E-state index contributed by atoms with van der Waals surface area (Å²) in [4.78, 5) is 18.2. The summed E-state index contributed by atoms with van der Waals surface area (Å²) in [5.74, 6) is 1.00. The van der Waals surface area contributed by atoms with Gasteiger partial charge in [0.25, 0.3) is 0 Å². The Morgan fingerprint density at radius 2 is 1.56 bits per heavy atom. The van der Waals surface area contributed by atoms with E-state index in [0.29, 0.717) is 0 Å². The van der Waals surface area contributed by atoms with E-state index in [0.717, 1.165) is 67.4 Å². The predicted octanol–water partition coefficient (Wildman–Crippen LogP) is 4.15. The molecule has 5 heteroatoms. The van der Waals surface area contributed by atoms with Gasteiger partial charge in [-0.2, -0.15) is 0 Å². The summed E-state index contributed by atoms with van der Waals surface area (Å²) < 4.78 is 5.55. The molecular weight excluding hydrogens is 398 g/mol. The van der Waals surface area contributed by atoms with Gasteiger partial charge in [0.05, 0.1) is 12.8 Å². The molecule has 32 heavy (non-hydrogen) atoms. The molecule has 3 aromatic carbocycles. The van der Waals surface area contributed by atoms with Crippen LogP contribution in [-0.4, -0.2) is 50.6 Å². The molecule has 2 heterocycles. The Kier molecular flexibility index (Phi) is 5.58. The number of nitrogens with zero attached hydrogens (tertiary/aromatic N) is 2. The van der Waals surface area contributed by atoms with Gasteiger partial charge in [0.15, 0.2) is 0 Å². The molecule has 2 aliphatic heterocycles. The second-order valence-electron chi connectivity index (χ2n) is 8.52. The van der Waals surface area contributed by atoms with Crippen molar-refractivity contribution in [1.82, 2.24) is 4.90 Å². The van der Waals surface area contributed by atoms with E-state index in [-0.39, 0.29) is 5.91 Å². The number of piperazine rings is 1. The fourth-order valence-electron chi connectivity index (χ4n) is 5.15. The van der Waals surface area contributed by atoms with Crippen molar-refractivity contribution in [3.05, 3.63) is 90.0 Å². The van der Waals surface area contributed by atoms with Crippen molar-refractivity contribution in [3.8, 4) is 5.75 Å². The molecule has 1 N–H and O–H groups in total. The lowest BCUT2D eigenvalue weighted by atomic mass is 9.72. The Labute approximate surface area is 189 Å². The zero-order chi connectivity index (χ0) is 22.0. The van der Waals surface area contributed by atoms with Crippen LogP contribution in [0.5, 0.6) is 5.75 Å². The Morgan fingerprint density at radius 3 is 2.34 bits per heavy atom. The highest BCUT2D eigenvalue weighted by Crippen LogP contribution is 2.45. The number of ether oxygens (including phenoxy) is 1. The standard InChI is InChI=1S/C27H29N3O2/c1-32-25-14-8-7-13-24(25)30-19-17-29(18-20-30)16-15-27(21-9-3-2-4-10-21)22-11-5-6-12-23(22)28-26(27)31/h2-14H,15-20H2,1H3,(H,28,31). The summed E-state index contributed by atoms with van der Waals surface area (Å²) in [5, 5.41) is 3.14. The van der Waals surface area contributed by atoms with Gasteiger partial charge in [0.2, 0.25) is 5.91 Å². The second kappa shape index (κ2) is 8.67. The Morgan fingerprint density at radius 1 is 0.875 bits per heavy atom. The predicted molar refractivity (Wildman–Crippen MR) is 129 cm³/mol. The van der Waals surface area contributed by atoms with Crippen molar-refractivity contribution in [2.45, 2.75) is 11.8 Å². The molecular formula is C27H29N3O2. The molecule has 1 saturated heterocycles. The lowest BCUT2D eigenvalue weighted by Crippen LogP contribution is -2.48. The number of carbonyl (C=O) groups excluding carboxylic acids is 1. The van der Waals surface area contributed by atoms with Crippen LogP contribution < -0.4 is 15.0 Å². The fourth-order valence-corrected chi connectivity index (χ4v) is 5.15. The minimum absolute atomic E-state index is 0.0811. The summed E-state index contributed by atoms with van der Waals surface area (Å²) in [5.41, 5.74) is 3.60. The van der Waals surface area contributed by atoms with Gasteiger partial charge in [0, 0.05) is 31.9 Å². The number of amides is 1. The molecule has 5 rings (SSSR count). The van der Waals surface area contributed by atoms with Crippen LogP contribution in [0.4, 0.5) is 11.4 Å². The molecule has 0 spiro atoms. The van der Waals surface area contributed by atoms with Gasteiger partial charge in [-0.15, -0.1) is 0 Å². The third-order valence-electron chi connectivity index (χ3n) is 6.89. The number of anilines is 2. The molecule has 0 aromatic heterocycles. The first kappa shape index (κ1) is 20.6. The Bertz CT molecular complexity index is 1090. The summed E-state index contributed by atoms with van der Waals surface area (Å²) in [6.45, 7) is 4.69. The van der Waals surface area contributed by atoms with Crippen molar-refractivity contribution in [2.24, 2.45) is 0 Å². The lowest BCUT2D eigenvalue weighted by molar-refractivity contribution is -0.119. The number of methoxy groups -OCH3 is 1. The number of hydrogen-bond acceptors (Lipinski definition) is 4. The SMILES string of the molecule is COc1ccccc1N1CCN(CCC2(c3ccccc3)C(=O)Nc3ccccc32)CC1. The number of para-hydroxylation sites is 3. The van der Waals surface area contributed by atoms with Gasteiger partial charge in [-0.1, -0.05) is 60.7 Å². The van der Waals surface area contributed by atoms with E-state index in [1.165, 1.54) is 0 Å². The van der Waals surface area contributed by atoms with Crippen LogP contribution in [0.25, 0.3) is 0 Å². The van der Waals surface area contributed by atoms with Crippen molar-refractivity contribution in [2.75, 3.05) is 50.1 Å². The first-order valence-corrected chi connectivity index (χ1v) is 11.3. The summed E-state index contributed by atoms with van der Waals surface area (Å²) in [6.07, 6.45) is 0.758. The van der Waals surface area contributed by atoms with Gasteiger partial charge in [-0.25, -0.2) is 0 Å². The zero-order valence-corrected chi connectivity index (χ0v) is 18.5. The molecule has 1 atom stereocenters. The second-order valence-corrected chi connectivity index (χ2v) is 8.52. The quantitative estimate of drug-likeness (QED) is 0.642. The lowest BCUT2D eigenvalue weighted by Gasteiger charge is -2.38. The highest BCUT2D eigenvalue weighted by molar-refractivity contribution is 6.08. The van der Waals surface area contributed by atoms with Crippen LogP contribution in [0.3, 0.4) is 0 Å². The molecule has 5 nitrogen and oxygen atoms in total. The fraction of sp³-hybridized carbons (Fsp3) is 0.296. The minimum Gasteiger partial charge on any atom is -0.495 e. The topological polar surface area (TPSA) is 44.8 Å². The third-order valence-corrected chi connectivity index (χ3v) is 6.89. The van der Waals surface area contributed by atoms with E-state index in [1.807, 2.05) is 48.5 Å². The molecule has 1 fully saturated rings. The minimum atomic E-state index is -0.641. The number of hydrogen-bond donors (Lipinski definition) is 1. The Balaban J connectivity index is 1.33. The molecule has 3 aromatic rings. The highest BCUT2D eigenvalue weighted by Gasteiger charge is 2.47. The molecule has 1 unspecified atom stereocenters. The van der Waals surface area contributed by atoms with Crippen molar-refractivity contribution >= 4 is 17.3 Å². The average Bonchev–Trinajstić information content (AvgIpc) is 3.15. The number of fused-ring (bicyclic) bond motifs is 1. The van der Waals surface area contributed by atoms with E-state index in [4.69, 9.17) is 4.74 Å². The maximum Gasteiger partial charge on any atom is 0.239 e. The van der Waals surface area contributed by atoms with Gasteiger partial charge in [0.1, 0.15) is 11.2 Å². The van der Waals surface area contributed by atoms with Crippen LogP contribution in [-0.2, 0) is 10.2 Å². The van der Waals surface area contributed by atoms with Crippen LogP contribution in [0.1, 0.15) is 17.5 Å². The normalized spacial score (nSPS) is 20.7. The highest BCUT2D eigenvalue weighted by atomic mass is 16.5. The van der Waals surface area contributed by atoms with Crippen LogP contribution in [0, 0.1) is 0 Å². The van der Waals surface area contributed by atoms with Crippen LogP contribution >= 0.6 is 0 Å². The molecule has 1 amide bonds. The van der Waals surface area contributed by atoms with Crippen molar-refractivity contribution < 1.29 is 9.53 Å². The maximum atomic E-state index is 13.4. The number of benzene rings is 3. The molecule has 0 saturated carbocycles. The number of nitrogens with one attached hydrogen (secondary N) is 1. The zero-order valence-electron chi connectivity index (χ0n) is 18.5. The number of carbonyl (C=O) groups is 1. The van der Waals surface area contributed by atoms with Gasteiger partial charge in [-0.3, -0.25) is 9.69 Å². The van der Waals surface area contributed by atoms with Crippen molar-refractivity contribution in [3.63, 3.8) is 0 Å². The Hall–Kier alpha value is -3.31. The first-order valence-electron chi connectivity index (χ1n) is 11.3. The summed E-state index contributed by atoms with van der Waals surface area (Å²) >= 11 is 0. The molecule has 2 aliphatic rings. The van der Waals surface area contributed by atoms with E-state index in [2.05, 4.69) is 45.4 Å². The molecule has 0 radical (unpaired) electrons. The largest absolute Gasteiger partial charge is 0.495 e. The molecule has 0 bridgehead atoms. The maximum absolute atomic E-state index is 13.4. The van der Waals surface area contributed by atoms with E-state index in [9.17, 15) is 4.79 Å². The number of rotatable bonds is 6. The third kappa shape index (κ3) is 3.53. The van der Waals surface area contributed by atoms with E-state index < -0.39 is 5.41 Å². The van der Waals surface area contributed by atoms with E-state index >= 15 is 0 Å². The molecule has 164 valence electrons. The van der Waals surface area contributed by atoms with Crippen molar-refractivity contribution in [1.29, 1.82) is 0 Å².